The van der Waals surface area contributed by atoms with E-state index >= 15 is 0 Å². The van der Waals surface area contributed by atoms with Crippen LogP contribution in [0.2, 0.25) is 0 Å². The van der Waals surface area contributed by atoms with Gasteiger partial charge in [-0.3, -0.25) is 0 Å². The SMILES string of the molecule is Nc1ccccc1CCc1nc(C2CSCCS2)no1. The van der Waals surface area contributed by atoms with E-state index in [4.69, 9.17) is 10.3 Å². The van der Waals surface area contributed by atoms with E-state index in [1.165, 1.54) is 11.5 Å². The van der Waals surface area contributed by atoms with Gasteiger partial charge in [0.05, 0.1) is 5.25 Å². The van der Waals surface area contributed by atoms with Crippen LogP contribution in [0, 0.1) is 0 Å². The molecule has 0 amide bonds. The van der Waals surface area contributed by atoms with Crippen LogP contribution in [-0.2, 0) is 12.8 Å². The lowest BCUT2D eigenvalue weighted by atomic mass is 10.1. The number of benzene rings is 1. The van der Waals surface area contributed by atoms with Crippen molar-refractivity contribution in [2.24, 2.45) is 0 Å². The van der Waals surface area contributed by atoms with Gasteiger partial charge in [-0.15, -0.1) is 11.8 Å². The summed E-state index contributed by atoms with van der Waals surface area (Å²) in [5, 5.41) is 4.51. The van der Waals surface area contributed by atoms with E-state index in [1.54, 1.807) is 0 Å². The zero-order valence-electron chi connectivity index (χ0n) is 11.1. The smallest absolute Gasteiger partial charge is 0.227 e. The molecule has 6 heteroatoms. The van der Waals surface area contributed by atoms with Gasteiger partial charge >= 0.3 is 0 Å². The highest BCUT2D eigenvalue weighted by Gasteiger charge is 2.21. The molecule has 106 valence electrons. The van der Waals surface area contributed by atoms with Crippen molar-refractivity contribution in [3.63, 3.8) is 0 Å². The number of nitrogens with zero attached hydrogens (tertiary/aromatic N) is 2. The van der Waals surface area contributed by atoms with Crippen LogP contribution in [0.1, 0.15) is 22.5 Å². The Hall–Kier alpha value is -1.14. The Kier molecular flexibility index (Phi) is 4.52. The predicted octanol–water partition coefficient (Wildman–Crippen LogP) is 2.96. The van der Waals surface area contributed by atoms with Crippen molar-refractivity contribution in [2.75, 3.05) is 23.0 Å². The Labute approximate surface area is 126 Å². The van der Waals surface area contributed by atoms with Crippen molar-refractivity contribution in [1.29, 1.82) is 0 Å². The van der Waals surface area contributed by atoms with Gasteiger partial charge in [0.25, 0.3) is 0 Å². The van der Waals surface area contributed by atoms with Crippen LogP contribution in [0.5, 0.6) is 0 Å². The number of anilines is 1. The van der Waals surface area contributed by atoms with E-state index in [9.17, 15) is 0 Å². The van der Waals surface area contributed by atoms with E-state index in [0.717, 1.165) is 35.7 Å². The molecule has 0 bridgehead atoms. The summed E-state index contributed by atoms with van der Waals surface area (Å²) in [6, 6.07) is 7.91. The molecule has 0 saturated carbocycles. The number of hydrogen-bond donors (Lipinski definition) is 1. The summed E-state index contributed by atoms with van der Waals surface area (Å²) >= 11 is 3.88. The molecule has 1 atom stereocenters. The average molecular weight is 307 g/mol. The molecule has 0 radical (unpaired) electrons. The van der Waals surface area contributed by atoms with Crippen molar-refractivity contribution in [1.82, 2.24) is 10.1 Å². The molecule has 1 saturated heterocycles. The first-order chi connectivity index (χ1) is 9.83. The Morgan fingerprint density at radius 2 is 2.15 bits per heavy atom. The molecule has 1 unspecified atom stereocenters. The van der Waals surface area contributed by atoms with E-state index < -0.39 is 0 Å². The number of aryl methyl sites for hydroxylation is 2. The van der Waals surface area contributed by atoms with Crippen LogP contribution in [0.3, 0.4) is 0 Å². The topological polar surface area (TPSA) is 64.9 Å². The van der Waals surface area contributed by atoms with E-state index in [0.29, 0.717) is 11.1 Å². The largest absolute Gasteiger partial charge is 0.399 e. The Morgan fingerprint density at radius 3 is 2.95 bits per heavy atom. The molecule has 1 fully saturated rings. The van der Waals surface area contributed by atoms with Crippen LogP contribution < -0.4 is 5.73 Å². The standard InChI is InChI=1S/C14H17N3OS2/c15-11-4-2-1-3-10(11)5-6-13-16-14(17-18-13)12-9-19-7-8-20-12/h1-4,12H,5-9,15H2. The predicted molar refractivity (Wildman–Crippen MR) is 85.1 cm³/mol. The number of aromatic nitrogens is 2. The Bertz CT molecular complexity index is 567. The monoisotopic (exact) mass is 307 g/mol. The number of thioether (sulfide) groups is 2. The maximum Gasteiger partial charge on any atom is 0.227 e. The average Bonchev–Trinajstić information content (AvgIpc) is 2.96. The molecule has 3 rings (SSSR count). The number of nitrogen functional groups attached to an aromatic ring is 1. The summed E-state index contributed by atoms with van der Waals surface area (Å²) in [6.45, 7) is 0. The highest BCUT2D eigenvalue weighted by Crippen LogP contribution is 2.35. The molecular weight excluding hydrogens is 290 g/mol. The van der Waals surface area contributed by atoms with Gasteiger partial charge in [-0.1, -0.05) is 23.4 Å². The fourth-order valence-electron chi connectivity index (χ4n) is 2.14. The maximum atomic E-state index is 5.93. The lowest BCUT2D eigenvalue weighted by Gasteiger charge is -2.16. The van der Waals surface area contributed by atoms with Crippen molar-refractivity contribution in [3.05, 3.63) is 41.5 Å². The molecule has 0 spiro atoms. The van der Waals surface area contributed by atoms with Gasteiger partial charge in [0.2, 0.25) is 5.89 Å². The van der Waals surface area contributed by atoms with Crippen molar-refractivity contribution in [2.45, 2.75) is 18.1 Å². The summed E-state index contributed by atoms with van der Waals surface area (Å²) in [5.74, 6) is 5.02. The van der Waals surface area contributed by atoms with Gasteiger partial charge in [-0.25, -0.2) is 0 Å². The van der Waals surface area contributed by atoms with Gasteiger partial charge in [-0.05, 0) is 18.1 Å². The van der Waals surface area contributed by atoms with Crippen molar-refractivity contribution < 1.29 is 4.52 Å². The van der Waals surface area contributed by atoms with Crippen LogP contribution in [0.25, 0.3) is 0 Å². The maximum absolute atomic E-state index is 5.93. The molecule has 20 heavy (non-hydrogen) atoms. The Morgan fingerprint density at radius 1 is 1.25 bits per heavy atom. The second-order valence-corrected chi connectivity index (χ2v) is 7.14. The first kappa shape index (κ1) is 13.8. The van der Waals surface area contributed by atoms with Gasteiger partial charge in [-0.2, -0.15) is 16.7 Å². The number of hydrogen-bond acceptors (Lipinski definition) is 6. The van der Waals surface area contributed by atoms with Gasteiger partial charge in [0, 0.05) is 29.4 Å². The summed E-state index contributed by atoms with van der Waals surface area (Å²) < 4.78 is 5.35. The molecule has 4 nitrogen and oxygen atoms in total. The third kappa shape index (κ3) is 3.30. The van der Waals surface area contributed by atoms with Crippen molar-refractivity contribution >= 4 is 29.2 Å². The Balaban J connectivity index is 1.61. The van der Waals surface area contributed by atoms with Gasteiger partial charge < -0.3 is 10.3 Å². The fraction of sp³-hybridized carbons (Fsp3) is 0.429. The molecular formula is C14H17N3OS2. The van der Waals surface area contributed by atoms with E-state index in [-0.39, 0.29) is 0 Å². The second-order valence-electron chi connectivity index (χ2n) is 4.68. The normalized spacial score (nSPS) is 19.1. The molecule has 1 aliphatic heterocycles. The van der Waals surface area contributed by atoms with E-state index in [2.05, 4.69) is 10.1 Å². The quantitative estimate of drug-likeness (QED) is 0.876. The third-order valence-electron chi connectivity index (χ3n) is 3.25. The zero-order valence-corrected chi connectivity index (χ0v) is 12.8. The fourth-order valence-corrected chi connectivity index (χ4v) is 4.73. The zero-order chi connectivity index (χ0) is 13.8. The van der Waals surface area contributed by atoms with Crippen molar-refractivity contribution in [3.8, 4) is 0 Å². The lowest BCUT2D eigenvalue weighted by Crippen LogP contribution is -2.08. The van der Waals surface area contributed by atoms with Crippen LogP contribution in [0.4, 0.5) is 5.69 Å². The minimum Gasteiger partial charge on any atom is -0.399 e. The molecule has 2 heterocycles. The molecule has 2 N–H and O–H groups in total. The van der Waals surface area contributed by atoms with Crippen LogP contribution >= 0.6 is 23.5 Å². The minimum atomic E-state index is 0.382. The summed E-state index contributed by atoms with van der Waals surface area (Å²) in [6.07, 6.45) is 1.58. The first-order valence-electron chi connectivity index (χ1n) is 6.68. The highest BCUT2D eigenvalue weighted by molar-refractivity contribution is 8.06. The molecule has 0 aliphatic carbocycles. The molecule has 2 aromatic rings. The summed E-state index contributed by atoms with van der Waals surface area (Å²) in [4.78, 5) is 4.53. The van der Waals surface area contributed by atoms with E-state index in [1.807, 2.05) is 47.8 Å². The molecule has 1 aromatic carbocycles. The van der Waals surface area contributed by atoms with Crippen LogP contribution in [0.15, 0.2) is 28.8 Å². The second kappa shape index (κ2) is 6.54. The number of rotatable bonds is 4. The summed E-state index contributed by atoms with van der Waals surface area (Å²) in [5.41, 5.74) is 7.89. The lowest BCUT2D eigenvalue weighted by molar-refractivity contribution is 0.373. The highest BCUT2D eigenvalue weighted by atomic mass is 32.2. The molecule has 1 aliphatic rings. The third-order valence-corrected chi connectivity index (χ3v) is 6.00. The molecule has 1 aromatic heterocycles. The summed E-state index contributed by atoms with van der Waals surface area (Å²) in [7, 11) is 0. The van der Waals surface area contributed by atoms with Gasteiger partial charge in [0.1, 0.15) is 0 Å². The number of nitrogens with two attached hydrogens (primary N) is 1. The first-order valence-corrected chi connectivity index (χ1v) is 8.88. The van der Waals surface area contributed by atoms with Gasteiger partial charge in [0.15, 0.2) is 5.82 Å². The minimum absolute atomic E-state index is 0.382. The number of para-hydroxylation sites is 1. The van der Waals surface area contributed by atoms with Crippen LogP contribution in [-0.4, -0.2) is 27.4 Å².